The fourth-order valence-electron chi connectivity index (χ4n) is 5.10. The fraction of sp³-hybridized carbons (Fsp3) is 0.462. The molecule has 0 atom stereocenters. The maximum atomic E-state index is 13.1. The SMILES string of the molecule is CC(C)[C@H]1CC[C@H](n2cc3cc(NC(=O)c4cnn5cccnc45)c(C(C)(C)O)cc3n2)CC1. The molecule has 0 aliphatic heterocycles. The van der Waals surface area contributed by atoms with Crippen molar-refractivity contribution in [2.24, 2.45) is 11.8 Å². The van der Waals surface area contributed by atoms with E-state index in [4.69, 9.17) is 5.10 Å². The molecular formula is C26H32N6O2. The molecule has 34 heavy (non-hydrogen) atoms. The molecule has 0 spiro atoms. The van der Waals surface area contributed by atoms with Crippen molar-refractivity contribution in [2.45, 2.75) is 65.0 Å². The van der Waals surface area contributed by atoms with Crippen LogP contribution in [0.4, 0.5) is 5.69 Å². The topological polar surface area (TPSA) is 97.3 Å². The fourth-order valence-corrected chi connectivity index (χ4v) is 5.10. The van der Waals surface area contributed by atoms with Gasteiger partial charge >= 0.3 is 0 Å². The Bertz CT molecular complexity index is 1340. The smallest absolute Gasteiger partial charge is 0.261 e. The summed E-state index contributed by atoms with van der Waals surface area (Å²) in [4.78, 5) is 17.4. The van der Waals surface area contributed by atoms with Crippen LogP contribution in [0.1, 0.15) is 75.3 Å². The normalized spacial score (nSPS) is 19.2. The van der Waals surface area contributed by atoms with Crippen LogP contribution in [0.25, 0.3) is 16.6 Å². The number of fused-ring (bicyclic) bond motifs is 2. The zero-order chi connectivity index (χ0) is 24.0. The lowest BCUT2D eigenvalue weighted by molar-refractivity contribution is 0.0794. The first kappa shape index (κ1) is 22.5. The van der Waals surface area contributed by atoms with Gasteiger partial charge in [0.15, 0.2) is 5.65 Å². The molecule has 0 unspecified atom stereocenters. The number of aromatic nitrogens is 5. The molecule has 1 amide bonds. The van der Waals surface area contributed by atoms with Crippen LogP contribution >= 0.6 is 0 Å². The predicted octanol–water partition coefficient (Wildman–Crippen LogP) is 4.95. The Morgan fingerprint density at radius 2 is 1.97 bits per heavy atom. The summed E-state index contributed by atoms with van der Waals surface area (Å²) in [5.74, 6) is 1.19. The third kappa shape index (κ3) is 4.18. The Balaban J connectivity index is 1.47. The molecule has 0 saturated heterocycles. The maximum absolute atomic E-state index is 13.1. The first-order chi connectivity index (χ1) is 16.2. The molecule has 0 radical (unpaired) electrons. The molecule has 1 saturated carbocycles. The number of anilines is 1. The van der Waals surface area contributed by atoms with Crippen LogP contribution in [0, 0.1) is 11.8 Å². The molecule has 8 heteroatoms. The summed E-state index contributed by atoms with van der Waals surface area (Å²) < 4.78 is 3.64. The third-order valence-corrected chi connectivity index (χ3v) is 7.15. The average Bonchev–Trinajstić information content (AvgIpc) is 3.42. The first-order valence-electron chi connectivity index (χ1n) is 12.1. The van der Waals surface area contributed by atoms with Crippen molar-refractivity contribution in [1.29, 1.82) is 0 Å². The summed E-state index contributed by atoms with van der Waals surface area (Å²) in [6, 6.07) is 5.93. The van der Waals surface area contributed by atoms with E-state index in [9.17, 15) is 9.90 Å². The number of hydrogen-bond donors (Lipinski definition) is 2. The second-order valence-electron chi connectivity index (χ2n) is 10.3. The minimum atomic E-state index is -1.16. The monoisotopic (exact) mass is 460 g/mol. The van der Waals surface area contributed by atoms with Gasteiger partial charge < -0.3 is 10.4 Å². The number of amides is 1. The summed E-state index contributed by atoms with van der Waals surface area (Å²) in [5, 5.41) is 23.9. The first-order valence-corrected chi connectivity index (χ1v) is 12.1. The van der Waals surface area contributed by atoms with Gasteiger partial charge in [-0.15, -0.1) is 0 Å². The van der Waals surface area contributed by atoms with Crippen LogP contribution in [0.3, 0.4) is 0 Å². The van der Waals surface area contributed by atoms with Crippen molar-refractivity contribution in [3.05, 3.63) is 54.1 Å². The Hall–Kier alpha value is -3.26. The Kier molecular flexibility index (Phi) is 5.64. The van der Waals surface area contributed by atoms with E-state index in [0.717, 1.165) is 35.6 Å². The highest BCUT2D eigenvalue weighted by Crippen LogP contribution is 2.37. The van der Waals surface area contributed by atoms with Gasteiger partial charge in [0.25, 0.3) is 5.91 Å². The summed E-state index contributed by atoms with van der Waals surface area (Å²) in [5.41, 5.74) is 1.69. The third-order valence-electron chi connectivity index (χ3n) is 7.15. The quantitative estimate of drug-likeness (QED) is 0.439. The highest BCUT2D eigenvalue weighted by molar-refractivity contribution is 6.09. The summed E-state index contributed by atoms with van der Waals surface area (Å²) in [7, 11) is 0. The van der Waals surface area contributed by atoms with E-state index in [1.807, 2.05) is 12.1 Å². The van der Waals surface area contributed by atoms with E-state index in [1.54, 1.807) is 36.8 Å². The second kappa shape index (κ2) is 8.51. The molecule has 3 aromatic heterocycles. The molecule has 2 N–H and O–H groups in total. The van der Waals surface area contributed by atoms with E-state index in [2.05, 4.69) is 40.1 Å². The molecule has 5 rings (SSSR count). The van der Waals surface area contributed by atoms with E-state index in [0.29, 0.717) is 28.5 Å². The van der Waals surface area contributed by atoms with Crippen molar-refractivity contribution in [3.63, 3.8) is 0 Å². The molecule has 4 aromatic rings. The lowest BCUT2D eigenvalue weighted by atomic mass is 9.80. The summed E-state index contributed by atoms with van der Waals surface area (Å²) >= 11 is 0. The number of aliphatic hydroxyl groups is 1. The second-order valence-corrected chi connectivity index (χ2v) is 10.3. The highest BCUT2D eigenvalue weighted by atomic mass is 16.3. The number of nitrogens with one attached hydrogen (secondary N) is 1. The van der Waals surface area contributed by atoms with E-state index in [-0.39, 0.29) is 5.91 Å². The maximum Gasteiger partial charge on any atom is 0.261 e. The molecule has 1 fully saturated rings. The van der Waals surface area contributed by atoms with E-state index >= 15 is 0 Å². The lowest BCUT2D eigenvalue weighted by Gasteiger charge is -2.30. The highest BCUT2D eigenvalue weighted by Gasteiger charge is 2.27. The summed E-state index contributed by atoms with van der Waals surface area (Å²) in [6.45, 7) is 8.05. The molecule has 3 heterocycles. The lowest BCUT2D eigenvalue weighted by Crippen LogP contribution is -2.21. The molecule has 1 aliphatic carbocycles. The molecule has 1 aromatic carbocycles. The minimum absolute atomic E-state index is 0.321. The van der Waals surface area contributed by atoms with Gasteiger partial charge in [-0.05, 0) is 69.6 Å². The van der Waals surface area contributed by atoms with Gasteiger partial charge in [0.2, 0.25) is 0 Å². The number of benzene rings is 1. The van der Waals surface area contributed by atoms with Crippen LogP contribution in [-0.4, -0.2) is 35.4 Å². The Morgan fingerprint density at radius 1 is 1.21 bits per heavy atom. The Labute approximate surface area is 199 Å². The van der Waals surface area contributed by atoms with Gasteiger partial charge in [0, 0.05) is 35.2 Å². The average molecular weight is 461 g/mol. The van der Waals surface area contributed by atoms with Crippen molar-refractivity contribution in [2.75, 3.05) is 5.32 Å². The van der Waals surface area contributed by atoms with Gasteiger partial charge in [-0.3, -0.25) is 9.48 Å². The van der Waals surface area contributed by atoms with Gasteiger partial charge in [-0.1, -0.05) is 13.8 Å². The largest absolute Gasteiger partial charge is 0.386 e. The van der Waals surface area contributed by atoms with Gasteiger partial charge in [0.05, 0.1) is 23.4 Å². The Morgan fingerprint density at radius 3 is 2.68 bits per heavy atom. The van der Waals surface area contributed by atoms with Crippen LogP contribution in [0.5, 0.6) is 0 Å². The van der Waals surface area contributed by atoms with Crippen LogP contribution in [-0.2, 0) is 5.60 Å². The van der Waals surface area contributed by atoms with Crippen molar-refractivity contribution < 1.29 is 9.90 Å². The predicted molar refractivity (Wildman–Crippen MR) is 132 cm³/mol. The molecule has 8 nitrogen and oxygen atoms in total. The number of carbonyl (C=O) groups excluding carboxylic acids is 1. The van der Waals surface area contributed by atoms with E-state index in [1.165, 1.54) is 19.0 Å². The molecule has 0 bridgehead atoms. The summed E-state index contributed by atoms with van der Waals surface area (Å²) in [6.07, 6.45) is 11.6. The minimum Gasteiger partial charge on any atom is -0.386 e. The van der Waals surface area contributed by atoms with Crippen LogP contribution in [0.2, 0.25) is 0 Å². The zero-order valence-electron chi connectivity index (χ0n) is 20.2. The molecule has 178 valence electrons. The van der Waals surface area contributed by atoms with Crippen LogP contribution < -0.4 is 5.32 Å². The van der Waals surface area contributed by atoms with Crippen molar-refractivity contribution >= 4 is 28.1 Å². The number of hydrogen-bond acceptors (Lipinski definition) is 5. The van der Waals surface area contributed by atoms with Crippen LogP contribution in [0.15, 0.2) is 43.0 Å². The van der Waals surface area contributed by atoms with Gasteiger partial charge in [0.1, 0.15) is 5.56 Å². The zero-order valence-corrected chi connectivity index (χ0v) is 20.2. The number of nitrogens with zero attached hydrogens (tertiary/aromatic N) is 5. The standard InChI is InChI=1S/C26H32N6O2/c1-16(2)17-6-8-19(9-7-17)32-15-18-12-23(21(26(3,4)34)13-22(18)30-32)29-25(33)20-14-28-31-11-5-10-27-24(20)31/h5,10-17,19,34H,6-9H2,1-4H3,(H,29,33)/t17-,19-. The van der Waals surface area contributed by atoms with Gasteiger partial charge in [-0.2, -0.15) is 10.2 Å². The number of rotatable bonds is 5. The molecule has 1 aliphatic rings. The molecular weight excluding hydrogens is 428 g/mol. The van der Waals surface area contributed by atoms with Gasteiger partial charge in [-0.25, -0.2) is 9.50 Å². The van der Waals surface area contributed by atoms with E-state index < -0.39 is 5.60 Å². The van der Waals surface area contributed by atoms with Crippen molar-refractivity contribution in [1.82, 2.24) is 24.4 Å². The number of carbonyl (C=O) groups is 1. The van der Waals surface area contributed by atoms with Crippen molar-refractivity contribution in [3.8, 4) is 0 Å².